The Bertz CT molecular complexity index is 444. The zero-order valence-electron chi connectivity index (χ0n) is 13.5. The number of aromatic nitrogens is 1. The van der Waals surface area contributed by atoms with Crippen LogP contribution in [-0.4, -0.2) is 24.6 Å². The van der Waals surface area contributed by atoms with Crippen LogP contribution in [0.1, 0.15) is 45.6 Å². The molecular weight excluding hydrogens is 282 g/mol. The third-order valence-electron chi connectivity index (χ3n) is 4.20. The minimum atomic E-state index is 0.649. The first-order valence-corrected chi connectivity index (χ1v) is 8.58. The molecule has 1 aromatic heterocycles. The van der Waals surface area contributed by atoms with Crippen molar-refractivity contribution in [1.29, 1.82) is 0 Å². The lowest BCUT2D eigenvalue weighted by Gasteiger charge is -2.32. The first-order valence-electron chi connectivity index (χ1n) is 8.20. The van der Waals surface area contributed by atoms with Gasteiger partial charge in [0.05, 0.1) is 5.02 Å². The summed E-state index contributed by atoms with van der Waals surface area (Å²) in [6.07, 6.45) is 5.92. The Morgan fingerprint density at radius 2 is 2.19 bits per heavy atom. The van der Waals surface area contributed by atoms with Gasteiger partial charge in [0.25, 0.3) is 0 Å². The summed E-state index contributed by atoms with van der Waals surface area (Å²) < 4.78 is 0. The van der Waals surface area contributed by atoms with E-state index in [1.165, 1.54) is 19.3 Å². The van der Waals surface area contributed by atoms with Crippen molar-refractivity contribution in [3.05, 3.63) is 22.8 Å². The zero-order chi connectivity index (χ0) is 15.2. The van der Waals surface area contributed by atoms with E-state index in [1.54, 1.807) is 6.20 Å². The lowest BCUT2D eigenvalue weighted by molar-refractivity contribution is 0.318. The molecule has 1 saturated carbocycles. The smallest absolute Gasteiger partial charge is 0.128 e. The molecular formula is C17H28ClN3. The highest BCUT2D eigenvalue weighted by molar-refractivity contribution is 6.31. The van der Waals surface area contributed by atoms with Crippen LogP contribution in [0.2, 0.25) is 5.02 Å². The fourth-order valence-electron chi connectivity index (χ4n) is 2.64. The van der Waals surface area contributed by atoms with Crippen molar-refractivity contribution in [1.82, 2.24) is 10.3 Å². The van der Waals surface area contributed by atoms with Gasteiger partial charge in [-0.15, -0.1) is 0 Å². The van der Waals surface area contributed by atoms with Crippen LogP contribution >= 0.6 is 11.6 Å². The average molecular weight is 310 g/mol. The molecule has 0 aromatic carbocycles. The normalized spacial score (nSPS) is 15.3. The molecule has 1 aromatic rings. The van der Waals surface area contributed by atoms with Gasteiger partial charge in [-0.25, -0.2) is 4.98 Å². The van der Waals surface area contributed by atoms with Gasteiger partial charge in [0.2, 0.25) is 0 Å². The molecule has 21 heavy (non-hydrogen) atoms. The van der Waals surface area contributed by atoms with E-state index in [1.807, 2.05) is 0 Å². The number of nitrogens with zero attached hydrogens (tertiary/aromatic N) is 2. The quantitative estimate of drug-likeness (QED) is 0.783. The highest BCUT2D eigenvalue weighted by Crippen LogP contribution is 2.29. The maximum Gasteiger partial charge on any atom is 0.128 e. The number of hydrogen-bond donors (Lipinski definition) is 1. The topological polar surface area (TPSA) is 28.2 Å². The molecule has 1 aliphatic carbocycles. The maximum atomic E-state index is 6.28. The largest absolute Gasteiger partial charge is 0.357 e. The van der Waals surface area contributed by atoms with Crippen LogP contribution in [0.4, 0.5) is 5.82 Å². The third kappa shape index (κ3) is 4.86. The maximum absolute atomic E-state index is 6.28. The Hall–Kier alpha value is -0.800. The van der Waals surface area contributed by atoms with Crippen molar-refractivity contribution in [3.63, 3.8) is 0 Å². The van der Waals surface area contributed by atoms with Gasteiger partial charge in [0.15, 0.2) is 0 Å². The molecule has 1 fully saturated rings. The fourth-order valence-corrected chi connectivity index (χ4v) is 2.81. The van der Waals surface area contributed by atoms with E-state index >= 15 is 0 Å². The van der Waals surface area contributed by atoms with Crippen molar-refractivity contribution in [2.24, 2.45) is 11.8 Å². The molecule has 4 heteroatoms. The Labute approximate surface area is 134 Å². The summed E-state index contributed by atoms with van der Waals surface area (Å²) >= 11 is 6.28. The second-order valence-corrected chi connectivity index (χ2v) is 6.90. The van der Waals surface area contributed by atoms with E-state index in [4.69, 9.17) is 11.6 Å². The number of rotatable bonds is 8. The van der Waals surface area contributed by atoms with Crippen LogP contribution in [0, 0.1) is 11.8 Å². The van der Waals surface area contributed by atoms with Gasteiger partial charge in [-0.3, -0.25) is 0 Å². The van der Waals surface area contributed by atoms with E-state index < -0.39 is 0 Å². The standard InChI is InChI=1S/C17H28ClN3/c1-4-21(12-14-6-5-7-14)17-8-15(16(18)11-20-17)10-19-9-13(2)3/h8,11,13-14,19H,4-7,9-10,12H2,1-3H3. The predicted molar refractivity (Wildman–Crippen MR) is 91.0 cm³/mol. The van der Waals surface area contributed by atoms with Gasteiger partial charge < -0.3 is 10.2 Å². The molecule has 0 saturated heterocycles. The van der Waals surface area contributed by atoms with E-state index in [0.29, 0.717) is 5.92 Å². The van der Waals surface area contributed by atoms with Gasteiger partial charge in [0.1, 0.15) is 5.82 Å². The molecule has 0 spiro atoms. The molecule has 3 nitrogen and oxygen atoms in total. The monoisotopic (exact) mass is 309 g/mol. The number of pyridine rings is 1. The molecule has 1 N–H and O–H groups in total. The molecule has 0 aliphatic heterocycles. The molecule has 2 rings (SSSR count). The molecule has 0 atom stereocenters. The first-order chi connectivity index (χ1) is 10.1. The summed E-state index contributed by atoms with van der Waals surface area (Å²) in [5.41, 5.74) is 1.15. The minimum Gasteiger partial charge on any atom is -0.357 e. The SMILES string of the molecule is CCN(CC1CCC1)c1cc(CNCC(C)C)c(Cl)cn1. The van der Waals surface area contributed by atoms with Gasteiger partial charge >= 0.3 is 0 Å². The highest BCUT2D eigenvalue weighted by Gasteiger charge is 2.21. The summed E-state index contributed by atoms with van der Waals surface area (Å²) in [4.78, 5) is 6.91. The van der Waals surface area contributed by atoms with Crippen LogP contribution in [0.25, 0.3) is 0 Å². The predicted octanol–water partition coefficient (Wildman–Crippen LogP) is 4.11. The Morgan fingerprint density at radius 1 is 1.43 bits per heavy atom. The van der Waals surface area contributed by atoms with Gasteiger partial charge in [-0.2, -0.15) is 0 Å². The van der Waals surface area contributed by atoms with Crippen LogP contribution in [0.15, 0.2) is 12.3 Å². The third-order valence-corrected chi connectivity index (χ3v) is 4.54. The number of nitrogens with one attached hydrogen (secondary N) is 1. The molecule has 0 unspecified atom stereocenters. The number of anilines is 1. The second kappa shape index (κ2) is 8.00. The van der Waals surface area contributed by atoms with Crippen molar-refractivity contribution in [2.75, 3.05) is 24.5 Å². The molecule has 1 aliphatic rings. The summed E-state index contributed by atoms with van der Waals surface area (Å²) in [6, 6.07) is 2.15. The summed E-state index contributed by atoms with van der Waals surface area (Å²) in [5, 5.41) is 4.22. The van der Waals surface area contributed by atoms with Crippen molar-refractivity contribution < 1.29 is 0 Å². The number of hydrogen-bond acceptors (Lipinski definition) is 3. The zero-order valence-corrected chi connectivity index (χ0v) is 14.3. The van der Waals surface area contributed by atoms with E-state index in [9.17, 15) is 0 Å². The van der Waals surface area contributed by atoms with E-state index in [0.717, 1.165) is 48.5 Å². The molecule has 118 valence electrons. The van der Waals surface area contributed by atoms with Gasteiger partial charge in [-0.1, -0.05) is 31.9 Å². The molecule has 0 radical (unpaired) electrons. The van der Waals surface area contributed by atoms with Crippen molar-refractivity contribution >= 4 is 17.4 Å². The van der Waals surface area contributed by atoms with Crippen LogP contribution in [0.3, 0.4) is 0 Å². The Morgan fingerprint density at radius 3 is 2.76 bits per heavy atom. The number of halogens is 1. The Balaban J connectivity index is 2.01. The lowest BCUT2D eigenvalue weighted by Crippen LogP contribution is -2.33. The minimum absolute atomic E-state index is 0.649. The summed E-state index contributed by atoms with van der Waals surface area (Å²) in [7, 11) is 0. The molecule has 0 amide bonds. The van der Waals surface area contributed by atoms with Crippen molar-refractivity contribution in [2.45, 2.75) is 46.6 Å². The first kappa shape index (κ1) is 16.6. The van der Waals surface area contributed by atoms with E-state index in [-0.39, 0.29) is 0 Å². The summed E-state index contributed by atoms with van der Waals surface area (Å²) in [5.74, 6) is 2.57. The second-order valence-electron chi connectivity index (χ2n) is 6.49. The van der Waals surface area contributed by atoms with E-state index in [2.05, 4.69) is 42.0 Å². The van der Waals surface area contributed by atoms with Crippen LogP contribution < -0.4 is 10.2 Å². The van der Waals surface area contributed by atoms with Crippen molar-refractivity contribution in [3.8, 4) is 0 Å². The summed E-state index contributed by atoms with van der Waals surface area (Å²) in [6.45, 7) is 10.6. The van der Waals surface area contributed by atoms with Gasteiger partial charge in [-0.05, 0) is 49.8 Å². The van der Waals surface area contributed by atoms with Crippen LogP contribution in [-0.2, 0) is 6.54 Å². The average Bonchev–Trinajstić information content (AvgIpc) is 2.40. The molecule has 1 heterocycles. The fraction of sp³-hybridized carbons (Fsp3) is 0.706. The Kier molecular flexibility index (Phi) is 6.31. The highest BCUT2D eigenvalue weighted by atomic mass is 35.5. The van der Waals surface area contributed by atoms with Crippen LogP contribution in [0.5, 0.6) is 0 Å². The molecule has 0 bridgehead atoms. The van der Waals surface area contributed by atoms with Gasteiger partial charge in [0, 0.05) is 25.8 Å². The lowest BCUT2D eigenvalue weighted by atomic mass is 9.85.